The van der Waals surface area contributed by atoms with Crippen molar-refractivity contribution >= 4 is 60.1 Å². The van der Waals surface area contributed by atoms with Crippen molar-refractivity contribution in [2.45, 2.75) is 0 Å². The first kappa shape index (κ1) is 32.9. The molecular formula is C37H36ClNOP2. The molecule has 6 rings (SSSR count). The van der Waals surface area contributed by atoms with E-state index < -0.39 is 15.8 Å². The van der Waals surface area contributed by atoms with Crippen LogP contribution in [0.25, 0.3) is 0 Å². The Hall–Kier alpha value is -3.61. The normalized spacial score (nSPS) is 10.0. The van der Waals surface area contributed by atoms with Crippen LogP contribution in [-0.2, 0) is 4.84 Å². The Labute approximate surface area is 259 Å². The molecule has 0 aliphatic rings. The van der Waals surface area contributed by atoms with Crippen LogP contribution in [0.1, 0.15) is 0 Å². The molecule has 0 heterocycles. The Morgan fingerprint density at radius 3 is 0.571 bits per heavy atom. The maximum atomic E-state index is 4.35. The molecule has 0 radical (unpaired) electrons. The summed E-state index contributed by atoms with van der Waals surface area (Å²) in [6.45, 7) is 0. The Morgan fingerprint density at radius 2 is 0.452 bits per heavy atom. The maximum Gasteiger partial charge on any atom is 0.0569 e. The summed E-state index contributed by atoms with van der Waals surface area (Å²) in [5.41, 5.74) is 0. The van der Waals surface area contributed by atoms with E-state index in [4.69, 9.17) is 0 Å². The Kier molecular flexibility index (Phi) is 14.7. The van der Waals surface area contributed by atoms with E-state index in [1.165, 1.54) is 38.9 Å². The molecule has 0 saturated heterocycles. The first-order chi connectivity index (χ1) is 20.3. The van der Waals surface area contributed by atoms with Crippen LogP contribution in [0, 0.1) is 0 Å². The monoisotopic (exact) mass is 607 g/mol. The van der Waals surface area contributed by atoms with Gasteiger partial charge in [-0.05, 0) is 47.7 Å². The molecule has 42 heavy (non-hydrogen) atoms. The summed E-state index contributed by atoms with van der Waals surface area (Å²) in [5.74, 6) is 4.35. The predicted molar refractivity (Wildman–Crippen MR) is 189 cm³/mol. The Balaban J connectivity index is 0.000000207. The summed E-state index contributed by atoms with van der Waals surface area (Å²) in [5, 5.41) is 8.39. The van der Waals surface area contributed by atoms with E-state index in [9.17, 15) is 0 Å². The minimum atomic E-state index is -0.446. The van der Waals surface area contributed by atoms with Gasteiger partial charge in [0.2, 0.25) is 0 Å². The van der Waals surface area contributed by atoms with Crippen molar-refractivity contribution in [3.8, 4) is 0 Å². The van der Waals surface area contributed by atoms with Crippen molar-refractivity contribution in [3.63, 3.8) is 0 Å². The number of hydrogen-bond acceptors (Lipinski definition) is 2. The third kappa shape index (κ3) is 9.74. The highest BCUT2D eigenvalue weighted by Crippen LogP contribution is 2.33. The molecule has 0 aliphatic carbocycles. The second kappa shape index (κ2) is 18.7. The van der Waals surface area contributed by atoms with Crippen molar-refractivity contribution in [2.75, 3.05) is 7.11 Å². The predicted octanol–water partition coefficient (Wildman–Crippen LogP) is 6.82. The fourth-order valence-corrected chi connectivity index (χ4v) is 8.97. The largest absolute Gasteiger partial charge is 0.308 e. The first-order valence-electron chi connectivity index (χ1n) is 13.4. The van der Waals surface area contributed by atoms with Gasteiger partial charge in [-0.15, -0.1) is 12.4 Å². The van der Waals surface area contributed by atoms with Crippen LogP contribution < -0.4 is 37.7 Å². The summed E-state index contributed by atoms with van der Waals surface area (Å²) >= 11 is 0. The molecular weight excluding hydrogens is 572 g/mol. The fourth-order valence-electron chi connectivity index (χ4n) is 4.36. The molecule has 6 aromatic carbocycles. The molecule has 2 nitrogen and oxygen atoms in total. The van der Waals surface area contributed by atoms with Crippen LogP contribution >= 0.6 is 28.3 Å². The second-order valence-electron chi connectivity index (χ2n) is 8.92. The average molecular weight is 608 g/mol. The summed E-state index contributed by atoms with van der Waals surface area (Å²) in [6.07, 6.45) is 0. The van der Waals surface area contributed by atoms with Gasteiger partial charge >= 0.3 is 0 Å². The van der Waals surface area contributed by atoms with Gasteiger partial charge in [-0.2, -0.15) is 0 Å². The van der Waals surface area contributed by atoms with Crippen molar-refractivity contribution in [3.05, 3.63) is 182 Å². The molecule has 0 unspecified atom stereocenters. The van der Waals surface area contributed by atoms with Gasteiger partial charge in [0, 0.05) is 0 Å². The van der Waals surface area contributed by atoms with E-state index in [1.807, 2.05) is 0 Å². The molecule has 5 heteroatoms. The number of halogens is 1. The smallest absolute Gasteiger partial charge is 0.0569 e. The molecule has 0 aromatic heterocycles. The number of rotatable bonds is 6. The first-order valence-corrected chi connectivity index (χ1v) is 16.1. The van der Waals surface area contributed by atoms with Gasteiger partial charge in [0.05, 0.1) is 7.11 Å². The van der Waals surface area contributed by atoms with E-state index in [2.05, 4.69) is 193 Å². The molecule has 0 spiro atoms. The molecule has 0 bridgehead atoms. The maximum absolute atomic E-state index is 4.35. The molecule has 2 N–H and O–H groups in total. The third-order valence-corrected chi connectivity index (χ3v) is 11.0. The molecule has 0 fully saturated rings. The van der Waals surface area contributed by atoms with Crippen LogP contribution in [0.3, 0.4) is 0 Å². The summed E-state index contributed by atoms with van der Waals surface area (Å²) < 4.78 is 0. The lowest BCUT2D eigenvalue weighted by atomic mass is 10.4. The molecule has 0 saturated carbocycles. The lowest BCUT2D eigenvalue weighted by molar-refractivity contribution is 0.206. The van der Waals surface area contributed by atoms with E-state index in [0.717, 1.165) is 0 Å². The highest BCUT2D eigenvalue weighted by Gasteiger charge is 2.16. The SMILES string of the molecule is CON.Cl.c1ccc(P(c2ccccc2)c2ccccc2)cc1.c1ccc(P(c2ccccc2)c2ccccc2)cc1. The van der Waals surface area contributed by atoms with Gasteiger partial charge in [-0.25, -0.2) is 5.90 Å². The highest BCUT2D eigenvalue weighted by molar-refractivity contribution is 7.80. The lowest BCUT2D eigenvalue weighted by Crippen LogP contribution is -2.20. The van der Waals surface area contributed by atoms with Gasteiger partial charge in [-0.1, -0.05) is 182 Å². The number of nitrogens with two attached hydrogens (primary N) is 1. The van der Waals surface area contributed by atoms with E-state index in [1.54, 1.807) is 0 Å². The van der Waals surface area contributed by atoms with Crippen LogP contribution in [-0.4, -0.2) is 7.11 Å². The van der Waals surface area contributed by atoms with Crippen molar-refractivity contribution in [1.29, 1.82) is 0 Å². The van der Waals surface area contributed by atoms with Crippen molar-refractivity contribution in [2.24, 2.45) is 5.90 Å². The van der Waals surface area contributed by atoms with Crippen molar-refractivity contribution in [1.82, 2.24) is 0 Å². The summed E-state index contributed by atoms with van der Waals surface area (Å²) in [7, 11) is 0.511. The number of benzene rings is 6. The highest BCUT2D eigenvalue weighted by atomic mass is 35.5. The zero-order valence-electron chi connectivity index (χ0n) is 23.6. The lowest BCUT2D eigenvalue weighted by Gasteiger charge is -2.18. The topological polar surface area (TPSA) is 35.2 Å². The molecule has 0 amide bonds. The fraction of sp³-hybridized carbons (Fsp3) is 0.0270. The summed E-state index contributed by atoms with van der Waals surface area (Å²) in [4.78, 5) is 3.75. The van der Waals surface area contributed by atoms with Crippen molar-refractivity contribution < 1.29 is 4.84 Å². The van der Waals surface area contributed by atoms with Crippen LogP contribution in [0.2, 0.25) is 0 Å². The Bertz CT molecular complexity index is 1200. The average Bonchev–Trinajstić information content (AvgIpc) is 3.05. The summed E-state index contributed by atoms with van der Waals surface area (Å²) in [6, 6.07) is 64.7. The molecule has 6 aromatic rings. The van der Waals surface area contributed by atoms with Gasteiger partial charge < -0.3 is 4.84 Å². The Morgan fingerprint density at radius 1 is 0.333 bits per heavy atom. The zero-order chi connectivity index (χ0) is 28.5. The van der Waals surface area contributed by atoms with Gasteiger partial charge in [0.15, 0.2) is 0 Å². The minimum Gasteiger partial charge on any atom is -0.308 e. The van der Waals surface area contributed by atoms with Gasteiger partial charge in [0.25, 0.3) is 0 Å². The molecule has 0 atom stereocenters. The molecule has 0 aliphatic heterocycles. The third-order valence-electron chi connectivity index (χ3n) is 6.09. The standard InChI is InChI=1S/2C18H15P.CH5NO.ClH/c2*1-4-10-16(11-5-1)19(17-12-6-2-7-13-17)18-14-8-3-9-15-18;1-3-2;/h2*1-15H;2H2,1H3;1H. The quantitative estimate of drug-likeness (QED) is 0.167. The van der Waals surface area contributed by atoms with E-state index in [0.29, 0.717) is 0 Å². The van der Waals surface area contributed by atoms with Crippen LogP contribution in [0.4, 0.5) is 0 Å². The number of hydrogen-bond donors (Lipinski definition) is 1. The van der Waals surface area contributed by atoms with Crippen LogP contribution in [0.15, 0.2) is 182 Å². The van der Waals surface area contributed by atoms with E-state index >= 15 is 0 Å². The van der Waals surface area contributed by atoms with Crippen LogP contribution in [0.5, 0.6) is 0 Å². The van der Waals surface area contributed by atoms with Gasteiger partial charge in [-0.3, -0.25) is 0 Å². The molecule has 212 valence electrons. The second-order valence-corrected chi connectivity index (χ2v) is 13.4. The zero-order valence-corrected chi connectivity index (χ0v) is 26.2. The van der Waals surface area contributed by atoms with Gasteiger partial charge in [0.1, 0.15) is 0 Å². The van der Waals surface area contributed by atoms with E-state index in [-0.39, 0.29) is 12.4 Å². The minimum absolute atomic E-state index is 0.